The lowest BCUT2D eigenvalue weighted by molar-refractivity contribution is -0.156. The molecule has 0 amide bonds. The number of carboxylic acid groups (broad SMARTS) is 1. The van der Waals surface area contributed by atoms with E-state index in [2.05, 4.69) is 29.0 Å². The molecule has 1 aliphatic heterocycles. The van der Waals surface area contributed by atoms with Crippen LogP contribution in [-0.4, -0.2) is 50.9 Å². The van der Waals surface area contributed by atoms with Crippen LogP contribution in [0.4, 0.5) is 0 Å². The van der Waals surface area contributed by atoms with E-state index in [1.807, 2.05) is 17.0 Å². The molecule has 2 N–H and O–H groups in total. The zero-order valence-electron chi connectivity index (χ0n) is 11.9. The number of rotatable bonds is 5. The molecule has 0 radical (unpaired) electrons. The maximum absolute atomic E-state index is 11.0. The second-order valence-corrected chi connectivity index (χ2v) is 5.78. The number of aryl methyl sites for hydroxylation is 1. The average molecular weight is 288 g/mol. The zero-order valence-corrected chi connectivity index (χ0v) is 11.9. The predicted molar refractivity (Wildman–Crippen MR) is 80.2 cm³/mol. The van der Waals surface area contributed by atoms with E-state index in [-0.39, 0.29) is 6.54 Å². The van der Waals surface area contributed by atoms with Gasteiger partial charge in [-0.1, -0.05) is 18.2 Å². The van der Waals surface area contributed by atoms with Gasteiger partial charge in [0.2, 0.25) is 0 Å². The molecule has 2 aromatic rings. The van der Waals surface area contributed by atoms with Crippen molar-refractivity contribution in [3.63, 3.8) is 0 Å². The molecular weight excluding hydrogens is 268 g/mol. The number of aliphatic carboxylic acids is 1. The van der Waals surface area contributed by atoms with Crippen molar-refractivity contribution in [2.75, 3.05) is 19.6 Å². The van der Waals surface area contributed by atoms with Crippen molar-refractivity contribution in [3.8, 4) is 0 Å². The Morgan fingerprint density at radius 1 is 1.24 bits per heavy atom. The number of para-hydroxylation sites is 1. The summed E-state index contributed by atoms with van der Waals surface area (Å²) >= 11 is 0. The molecule has 1 fully saturated rings. The van der Waals surface area contributed by atoms with Crippen molar-refractivity contribution >= 4 is 16.9 Å². The zero-order chi connectivity index (χ0) is 14.9. The quantitative estimate of drug-likeness (QED) is 0.876. The topological polar surface area (TPSA) is 65.7 Å². The number of likely N-dealkylation sites (tertiary alicyclic amines) is 1. The highest BCUT2D eigenvalue weighted by Gasteiger charge is 2.42. The summed E-state index contributed by atoms with van der Waals surface area (Å²) in [6, 6.07) is 10.4. The van der Waals surface area contributed by atoms with Crippen molar-refractivity contribution in [1.29, 1.82) is 0 Å². The van der Waals surface area contributed by atoms with Gasteiger partial charge in [0, 0.05) is 37.8 Å². The summed E-state index contributed by atoms with van der Waals surface area (Å²) in [6.45, 7) is 2.58. The largest absolute Gasteiger partial charge is 0.479 e. The summed E-state index contributed by atoms with van der Waals surface area (Å²) in [4.78, 5) is 13.0. The molecule has 0 aliphatic carbocycles. The van der Waals surface area contributed by atoms with Crippen LogP contribution in [0.25, 0.3) is 10.9 Å². The third kappa shape index (κ3) is 2.80. The fourth-order valence-electron chi connectivity index (χ4n) is 3.04. The number of hydrogen-bond donors (Lipinski definition) is 2. The lowest BCUT2D eigenvalue weighted by Crippen LogP contribution is -2.41. The summed E-state index contributed by atoms with van der Waals surface area (Å²) in [6.07, 6.45) is 3.34. The second kappa shape index (κ2) is 5.50. The maximum Gasteiger partial charge on any atom is 0.337 e. The van der Waals surface area contributed by atoms with Gasteiger partial charge in [-0.15, -0.1) is 0 Å². The Morgan fingerprint density at radius 3 is 2.81 bits per heavy atom. The van der Waals surface area contributed by atoms with Gasteiger partial charge in [-0.25, -0.2) is 4.79 Å². The minimum absolute atomic E-state index is 0.231. The molecule has 3 rings (SSSR count). The molecule has 1 unspecified atom stereocenters. The van der Waals surface area contributed by atoms with Crippen LogP contribution in [0.2, 0.25) is 0 Å². The fourth-order valence-corrected chi connectivity index (χ4v) is 3.04. The van der Waals surface area contributed by atoms with E-state index in [0.29, 0.717) is 13.0 Å². The fraction of sp³-hybridized carbons (Fsp3) is 0.438. The Kier molecular flexibility index (Phi) is 3.69. The lowest BCUT2D eigenvalue weighted by atomic mass is 10.0. The second-order valence-electron chi connectivity index (χ2n) is 5.78. The molecular formula is C16H20N2O3. The Morgan fingerprint density at radius 2 is 2.05 bits per heavy atom. The van der Waals surface area contributed by atoms with E-state index in [1.54, 1.807) is 0 Å². The summed E-state index contributed by atoms with van der Waals surface area (Å²) in [5, 5.41) is 20.2. The third-order valence-corrected chi connectivity index (χ3v) is 4.28. The molecule has 0 saturated carbocycles. The van der Waals surface area contributed by atoms with Gasteiger partial charge in [-0.3, -0.25) is 4.90 Å². The minimum atomic E-state index is -1.56. The third-order valence-electron chi connectivity index (χ3n) is 4.28. The van der Waals surface area contributed by atoms with Gasteiger partial charge in [0.1, 0.15) is 0 Å². The van der Waals surface area contributed by atoms with Crippen LogP contribution in [0.15, 0.2) is 36.5 Å². The van der Waals surface area contributed by atoms with Gasteiger partial charge in [0.15, 0.2) is 5.60 Å². The predicted octanol–water partition coefficient (Wildman–Crippen LogP) is 1.55. The van der Waals surface area contributed by atoms with Crippen LogP contribution < -0.4 is 0 Å². The van der Waals surface area contributed by atoms with E-state index >= 15 is 0 Å². The highest BCUT2D eigenvalue weighted by molar-refractivity contribution is 5.80. The first-order valence-corrected chi connectivity index (χ1v) is 7.30. The molecule has 2 heterocycles. The van der Waals surface area contributed by atoms with Crippen LogP contribution in [-0.2, 0) is 11.3 Å². The van der Waals surface area contributed by atoms with Gasteiger partial charge in [0.05, 0.1) is 0 Å². The van der Waals surface area contributed by atoms with Gasteiger partial charge >= 0.3 is 5.97 Å². The number of aromatic nitrogens is 1. The van der Waals surface area contributed by atoms with Crippen molar-refractivity contribution in [3.05, 3.63) is 36.5 Å². The number of β-amino-alcohol motifs (C(OH)–C–C–N with tert-alkyl or cyclic N) is 1. The van der Waals surface area contributed by atoms with E-state index in [0.717, 1.165) is 19.5 Å². The van der Waals surface area contributed by atoms with Crippen LogP contribution in [0, 0.1) is 0 Å². The first-order chi connectivity index (χ1) is 10.1. The molecule has 1 aliphatic rings. The van der Waals surface area contributed by atoms with Crippen molar-refractivity contribution in [1.82, 2.24) is 9.47 Å². The van der Waals surface area contributed by atoms with Gasteiger partial charge in [-0.05, 0) is 30.5 Å². The molecule has 1 aromatic heterocycles. The normalized spacial score (nSPS) is 22.9. The van der Waals surface area contributed by atoms with Gasteiger partial charge in [-0.2, -0.15) is 0 Å². The highest BCUT2D eigenvalue weighted by atomic mass is 16.4. The van der Waals surface area contributed by atoms with Crippen LogP contribution in [0.5, 0.6) is 0 Å². The summed E-state index contributed by atoms with van der Waals surface area (Å²) in [5.41, 5.74) is -0.332. The number of fused-ring (bicyclic) bond motifs is 1. The van der Waals surface area contributed by atoms with E-state index < -0.39 is 11.6 Å². The highest BCUT2D eigenvalue weighted by Crippen LogP contribution is 2.22. The molecule has 0 bridgehead atoms. The van der Waals surface area contributed by atoms with E-state index in [9.17, 15) is 9.90 Å². The molecule has 5 nitrogen and oxygen atoms in total. The maximum atomic E-state index is 11.0. The number of hydrogen-bond acceptors (Lipinski definition) is 3. The van der Waals surface area contributed by atoms with Crippen molar-refractivity contribution in [2.24, 2.45) is 0 Å². The van der Waals surface area contributed by atoms with Crippen molar-refractivity contribution < 1.29 is 15.0 Å². The van der Waals surface area contributed by atoms with Crippen LogP contribution >= 0.6 is 0 Å². The number of aliphatic hydroxyl groups is 1. The van der Waals surface area contributed by atoms with Crippen molar-refractivity contribution in [2.45, 2.75) is 25.0 Å². The molecule has 1 atom stereocenters. The number of carbonyl (C=O) groups is 1. The molecule has 1 aromatic carbocycles. The van der Waals surface area contributed by atoms with Crippen LogP contribution in [0.3, 0.4) is 0 Å². The Bertz CT molecular complexity index is 652. The molecule has 21 heavy (non-hydrogen) atoms. The standard InChI is InChI=1S/C16H20N2O3/c19-15(20)16(21)7-11-17(12-16)8-3-9-18-10-6-13-4-1-2-5-14(13)18/h1-2,4-6,10,21H,3,7-9,11-12H2,(H,19,20). The summed E-state index contributed by atoms with van der Waals surface area (Å²) in [7, 11) is 0. The summed E-state index contributed by atoms with van der Waals surface area (Å²) in [5.74, 6) is -1.11. The van der Waals surface area contributed by atoms with Gasteiger partial charge < -0.3 is 14.8 Å². The Balaban J connectivity index is 1.54. The minimum Gasteiger partial charge on any atom is -0.479 e. The smallest absolute Gasteiger partial charge is 0.337 e. The molecule has 5 heteroatoms. The SMILES string of the molecule is O=C(O)C1(O)CCN(CCCn2ccc3ccccc32)C1. The summed E-state index contributed by atoms with van der Waals surface area (Å²) < 4.78 is 2.22. The first-order valence-electron chi connectivity index (χ1n) is 7.30. The average Bonchev–Trinajstić information content (AvgIpc) is 3.05. The van der Waals surface area contributed by atoms with Gasteiger partial charge in [0.25, 0.3) is 0 Å². The van der Waals surface area contributed by atoms with Crippen LogP contribution in [0.1, 0.15) is 12.8 Å². The Labute approximate surface area is 123 Å². The van der Waals surface area contributed by atoms with E-state index in [4.69, 9.17) is 5.11 Å². The number of nitrogens with zero attached hydrogens (tertiary/aromatic N) is 2. The molecule has 0 spiro atoms. The molecule has 112 valence electrons. The monoisotopic (exact) mass is 288 g/mol. The Hall–Kier alpha value is -1.85. The first kappa shape index (κ1) is 14.1. The lowest BCUT2D eigenvalue weighted by Gasteiger charge is -2.19. The molecule has 1 saturated heterocycles. The number of benzene rings is 1. The number of carboxylic acids is 1. The van der Waals surface area contributed by atoms with E-state index in [1.165, 1.54) is 10.9 Å².